The van der Waals surface area contributed by atoms with Gasteiger partial charge in [-0.15, -0.1) is 6.58 Å². The molecule has 1 fully saturated rings. The maximum Gasteiger partial charge on any atom is 0.0348 e. The largest absolute Gasteiger partial charge is 0.309 e. The predicted octanol–water partition coefficient (Wildman–Crippen LogP) is 3.65. The number of thioether (sulfide) groups is 1. The fourth-order valence-corrected chi connectivity index (χ4v) is 2.70. The fourth-order valence-electron chi connectivity index (χ4n) is 2.10. The van der Waals surface area contributed by atoms with E-state index in [2.05, 4.69) is 42.2 Å². The summed E-state index contributed by atoms with van der Waals surface area (Å²) < 4.78 is 0. The Bertz CT molecular complexity index is 332. The highest BCUT2D eigenvalue weighted by atomic mass is 32.2. The molecule has 1 atom stereocenters. The van der Waals surface area contributed by atoms with Crippen LogP contribution < -0.4 is 5.32 Å². The van der Waals surface area contributed by atoms with Gasteiger partial charge in [-0.3, -0.25) is 0 Å². The average molecular weight is 247 g/mol. The van der Waals surface area contributed by atoms with Gasteiger partial charge in [-0.05, 0) is 24.3 Å². The summed E-state index contributed by atoms with van der Waals surface area (Å²) in [6.45, 7) is 4.83. The van der Waals surface area contributed by atoms with E-state index in [0.717, 1.165) is 18.2 Å². The zero-order chi connectivity index (χ0) is 11.9. The molecule has 0 radical (unpaired) electrons. The minimum absolute atomic E-state index is 0.570. The Hall–Kier alpha value is -0.730. The minimum Gasteiger partial charge on any atom is -0.309 e. The van der Waals surface area contributed by atoms with E-state index in [1.807, 2.05) is 17.8 Å². The Labute approximate surface area is 109 Å². The molecule has 17 heavy (non-hydrogen) atoms. The van der Waals surface area contributed by atoms with E-state index >= 15 is 0 Å². The normalized spacial score (nSPS) is 16.7. The molecule has 0 aromatic heterocycles. The molecule has 1 aromatic rings. The topological polar surface area (TPSA) is 12.0 Å². The highest BCUT2D eigenvalue weighted by Gasteiger charge is 2.31. The van der Waals surface area contributed by atoms with Gasteiger partial charge in [0.2, 0.25) is 0 Å². The molecule has 0 aliphatic heterocycles. The fraction of sp³-hybridized carbons (Fsp3) is 0.467. The average Bonchev–Trinajstić information content (AvgIpc) is 3.19. The molecule has 2 heteroatoms. The maximum atomic E-state index is 3.74. The van der Waals surface area contributed by atoms with E-state index in [-0.39, 0.29) is 0 Å². The molecule has 0 bridgehead atoms. The molecule has 1 saturated carbocycles. The lowest BCUT2D eigenvalue weighted by molar-refractivity contribution is 0.498. The van der Waals surface area contributed by atoms with Crippen molar-refractivity contribution in [3.05, 3.63) is 48.6 Å². The first-order valence-electron chi connectivity index (χ1n) is 6.39. The van der Waals surface area contributed by atoms with Crippen LogP contribution in [0.4, 0.5) is 0 Å². The molecule has 1 aliphatic carbocycles. The quantitative estimate of drug-likeness (QED) is 0.556. The van der Waals surface area contributed by atoms with Crippen molar-refractivity contribution in [1.29, 1.82) is 0 Å². The van der Waals surface area contributed by atoms with Crippen LogP contribution in [-0.4, -0.2) is 18.1 Å². The maximum absolute atomic E-state index is 3.74. The van der Waals surface area contributed by atoms with Crippen molar-refractivity contribution in [3.8, 4) is 0 Å². The van der Waals surface area contributed by atoms with E-state index in [9.17, 15) is 0 Å². The monoisotopic (exact) mass is 247 g/mol. The highest BCUT2D eigenvalue weighted by Crippen LogP contribution is 2.40. The van der Waals surface area contributed by atoms with E-state index in [1.165, 1.54) is 24.2 Å². The summed E-state index contributed by atoms with van der Waals surface area (Å²) in [5, 5.41) is 3.70. The Balaban J connectivity index is 1.80. The van der Waals surface area contributed by atoms with Crippen LogP contribution in [0.2, 0.25) is 0 Å². The molecule has 0 saturated heterocycles. The van der Waals surface area contributed by atoms with Crippen LogP contribution in [0, 0.1) is 5.92 Å². The first-order chi connectivity index (χ1) is 8.42. The number of benzene rings is 1. The van der Waals surface area contributed by atoms with Gasteiger partial charge in [0.15, 0.2) is 0 Å². The van der Waals surface area contributed by atoms with Gasteiger partial charge in [-0.2, -0.15) is 11.8 Å². The summed E-state index contributed by atoms with van der Waals surface area (Å²) in [6, 6.07) is 11.4. The molecule has 0 heterocycles. The predicted molar refractivity (Wildman–Crippen MR) is 77.4 cm³/mol. The van der Waals surface area contributed by atoms with Crippen molar-refractivity contribution < 1.29 is 0 Å². The van der Waals surface area contributed by atoms with Gasteiger partial charge < -0.3 is 5.32 Å². The van der Waals surface area contributed by atoms with Crippen LogP contribution in [0.15, 0.2) is 43.0 Å². The molecule has 92 valence electrons. The minimum atomic E-state index is 0.570. The second-order valence-corrected chi connectivity index (χ2v) is 5.69. The van der Waals surface area contributed by atoms with Gasteiger partial charge in [-0.1, -0.05) is 36.4 Å². The Morgan fingerprint density at radius 3 is 2.76 bits per heavy atom. The van der Waals surface area contributed by atoms with Gasteiger partial charge in [0.05, 0.1) is 0 Å². The van der Waals surface area contributed by atoms with E-state index in [4.69, 9.17) is 0 Å². The molecule has 1 unspecified atom stereocenters. The molecule has 0 spiro atoms. The molecule has 1 aromatic carbocycles. The van der Waals surface area contributed by atoms with Gasteiger partial charge in [0.25, 0.3) is 0 Å². The molecule has 2 rings (SSSR count). The van der Waals surface area contributed by atoms with Crippen LogP contribution in [0.25, 0.3) is 0 Å². The van der Waals surface area contributed by atoms with E-state index in [1.54, 1.807) is 0 Å². The van der Waals surface area contributed by atoms with Gasteiger partial charge >= 0.3 is 0 Å². The van der Waals surface area contributed by atoms with Crippen LogP contribution in [0.5, 0.6) is 0 Å². The van der Waals surface area contributed by atoms with Crippen molar-refractivity contribution in [3.63, 3.8) is 0 Å². The number of hydrogen-bond acceptors (Lipinski definition) is 2. The first-order valence-corrected chi connectivity index (χ1v) is 7.54. The van der Waals surface area contributed by atoms with Crippen LogP contribution >= 0.6 is 11.8 Å². The standard InChI is InChI=1S/C15H21NS/c1-2-11-17-12-10-16-15(14-8-9-14)13-6-4-3-5-7-13/h2-7,14-16H,1,8-12H2. The summed E-state index contributed by atoms with van der Waals surface area (Å²) in [5.74, 6) is 3.09. The molecule has 1 N–H and O–H groups in total. The van der Waals surface area contributed by atoms with Gasteiger partial charge in [-0.25, -0.2) is 0 Å². The first kappa shape index (κ1) is 12.7. The summed E-state index contributed by atoms with van der Waals surface area (Å²) in [4.78, 5) is 0. The Morgan fingerprint density at radius 2 is 2.12 bits per heavy atom. The smallest absolute Gasteiger partial charge is 0.0348 e. The van der Waals surface area contributed by atoms with Crippen molar-refractivity contribution in [1.82, 2.24) is 5.32 Å². The van der Waals surface area contributed by atoms with E-state index in [0.29, 0.717) is 6.04 Å². The second kappa shape index (κ2) is 6.87. The highest BCUT2D eigenvalue weighted by molar-refractivity contribution is 7.99. The van der Waals surface area contributed by atoms with Gasteiger partial charge in [0, 0.05) is 24.1 Å². The molecule has 1 aliphatic rings. The SMILES string of the molecule is C=CCSCCNC(c1ccccc1)C1CC1. The van der Waals surface area contributed by atoms with Gasteiger partial charge in [0.1, 0.15) is 0 Å². The number of nitrogens with one attached hydrogen (secondary N) is 1. The van der Waals surface area contributed by atoms with Crippen molar-refractivity contribution in [2.45, 2.75) is 18.9 Å². The van der Waals surface area contributed by atoms with Crippen LogP contribution in [0.1, 0.15) is 24.4 Å². The van der Waals surface area contributed by atoms with E-state index < -0.39 is 0 Å². The Morgan fingerprint density at radius 1 is 1.35 bits per heavy atom. The molecule has 1 nitrogen and oxygen atoms in total. The van der Waals surface area contributed by atoms with Crippen LogP contribution in [0.3, 0.4) is 0 Å². The van der Waals surface area contributed by atoms with Crippen molar-refractivity contribution in [2.75, 3.05) is 18.1 Å². The molecule has 0 amide bonds. The summed E-state index contributed by atoms with van der Waals surface area (Å²) in [6.07, 6.45) is 4.74. The molecular formula is C15H21NS. The number of rotatable bonds is 8. The lowest BCUT2D eigenvalue weighted by atomic mass is 10.0. The summed E-state index contributed by atoms with van der Waals surface area (Å²) >= 11 is 1.94. The third-order valence-corrected chi connectivity index (χ3v) is 4.06. The summed E-state index contributed by atoms with van der Waals surface area (Å²) in [7, 11) is 0. The molecular weight excluding hydrogens is 226 g/mol. The lowest BCUT2D eigenvalue weighted by Gasteiger charge is -2.18. The van der Waals surface area contributed by atoms with Crippen LogP contribution in [-0.2, 0) is 0 Å². The van der Waals surface area contributed by atoms with Crippen molar-refractivity contribution in [2.24, 2.45) is 5.92 Å². The zero-order valence-corrected chi connectivity index (χ0v) is 11.1. The Kier molecular flexibility index (Phi) is 5.14. The zero-order valence-electron chi connectivity index (χ0n) is 10.3. The second-order valence-electron chi connectivity index (χ2n) is 4.54. The lowest BCUT2D eigenvalue weighted by Crippen LogP contribution is -2.25. The van der Waals surface area contributed by atoms with Crippen molar-refractivity contribution >= 4 is 11.8 Å². The third-order valence-electron chi connectivity index (χ3n) is 3.10. The number of hydrogen-bond donors (Lipinski definition) is 1. The third kappa shape index (κ3) is 4.21. The summed E-state index contributed by atoms with van der Waals surface area (Å²) in [5.41, 5.74) is 1.45.